The highest BCUT2D eigenvalue weighted by Gasteiger charge is 2.48. The van der Waals surface area contributed by atoms with Gasteiger partial charge in [0.25, 0.3) is 11.5 Å². The summed E-state index contributed by atoms with van der Waals surface area (Å²) in [6, 6.07) is 16.7. The van der Waals surface area contributed by atoms with Gasteiger partial charge in [-0.25, -0.2) is 4.98 Å². The smallest absolute Gasteiger partial charge is 0.256 e. The lowest BCUT2D eigenvalue weighted by atomic mass is 9.94. The fourth-order valence-electron chi connectivity index (χ4n) is 4.39. The molecule has 0 saturated heterocycles. The van der Waals surface area contributed by atoms with Crippen LogP contribution in [0.4, 0.5) is 0 Å². The molecule has 0 unspecified atom stereocenters. The summed E-state index contributed by atoms with van der Waals surface area (Å²) in [5.41, 5.74) is 2.42. The Labute approximate surface area is 184 Å². The van der Waals surface area contributed by atoms with Crippen LogP contribution in [0.3, 0.4) is 0 Å². The van der Waals surface area contributed by atoms with E-state index in [-0.39, 0.29) is 17.5 Å². The first kappa shape index (κ1) is 20.0. The van der Waals surface area contributed by atoms with Gasteiger partial charge in [0, 0.05) is 17.1 Å². The minimum Gasteiger partial charge on any atom is -0.378 e. The van der Waals surface area contributed by atoms with Gasteiger partial charge in [-0.3, -0.25) is 9.59 Å². The van der Waals surface area contributed by atoms with Crippen molar-refractivity contribution in [2.75, 3.05) is 6.54 Å². The van der Waals surface area contributed by atoms with Crippen molar-refractivity contribution in [3.63, 3.8) is 0 Å². The van der Waals surface area contributed by atoms with Gasteiger partial charge in [-0.1, -0.05) is 54.1 Å². The number of benzene rings is 2. The van der Waals surface area contributed by atoms with Gasteiger partial charge in [-0.15, -0.1) is 0 Å². The Morgan fingerprint density at radius 2 is 1.94 bits per heavy atom. The van der Waals surface area contributed by atoms with Crippen molar-refractivity contribution < 1.29 is 9.90 Å². The Morgan fingerprint density at radius 1 is 1.16 bits per heavy atom. The molecule has 1 fully saturated rings. The molecule has 6 nitrogen and oxygen atoms in total. The number of halogens is 1. The molecule has 5 rings (SSSR count). The molecule has 0 spiro atoms. The van der Waals surface area contributed by atoms with Crippen molar-refractivity contribution in [2.45, 2.75) is 37.3 Å². The largest absolute Gasteiger partial charge is 0.378 e. The van der Waals surface area contributed by atoms with Crippen LogP contribution in [-0.4, -0.2) is 32.4 Å². The normalized spacial score (nSPS) is 17.7. The van der Waals surface area contributed by atoms with Crippen LogP contribution in [0.2, 0.25) is 5.02 Å². The number of carbonyl (C=O) groups is 1. The van der Waals surface area contributed by atoms with E-state index in [9.17, 15) is 14.7 Å². The third-order valence-electron chi connectivity index (χ3n) is 6.31. The monoisotopic (exact) mass is 435 g/mol. The maximum absolute atomic E-state index is 12.9. The van der Waals surface area contributed by atoms with Crippen LogP contribution in [-0.2, 0) is 23.2 Å². The van der Waals surface area contributed by atoms with E-state index in [1.54, 1.807) is 29.2 Å². The maximum Gasteiger partial charge on any atom is 0.256 e. The first-order valence-electron chi connectivity index (χ1n) is 10.4. The molecule has 7 heteroatoms. The van der Waals surface area contributed by atoms with E-state index in [0.29, 0.717) is 40.6 Å². The van der Waals surface area contributed by atoms with Gasteiger partial charge in [-0.05, 0) is 42.5 Å². The predicted octanol–water partition coefficient (Wildman–Crippen LogP) is 3.12. The van der Waals surface area contributed by atoms with Gasteiger partial charge in [0.2, 0.25) is 0 Å². The van der Waals surface area contributed by atoms with Crippen molar-refractivity contribution in [3.8, 4) is 0 Å². The molecule has 1 atom stereocenters. The van der Waals surface area contributed by atoms with Gasteiger partial charge in [-0.2, -0.15) is 0 Å². The number of aromatic nitrogens is 2. The quantitative estimate of drug-likeness (QED) is 0.659. The fraction of sp³-hybridized carbons (Fsp3) is 0.292. The molecule has 3 aromatic rings. The zero-order valence-electron chi connectivity index (χ0n) is 16.8. The molecule has 1 saturated carbocycles. The molecular formula is C24H22ClN3O3. The minimum absolute atomic E-state index is 0.135. The number of aliphatic hydroxyl groups is 1. The zero-order chi connectivity index (χ0) is 21.6. The van der Waals surface area contributed by atoms with Crippen LogP contribution in [0, 0.1) is 0 Å². The summed E-state index contributed by atoms with van der Waals surface area (Å²) < 4.78 is 0. The van der Waals surface area contributed by atoms with E-state index in [4.69, 9.17) is 16.6 Å². The number of nitrogens with zero attached hydrogens (tertiary/aromatic N) is 2. The first-order valence-corrected chi connectivity index (χ1v) is 10.8. The van der Waals surface area contributed by atoms with Crippen LogP contribution in [0.25, 0.3) is 0 Å². The summed E-state index contributed by atoms with van der Waals surface area (Å²) in [7, 11) is 0. The number of H-pyrrole nitrogens is 1. The van der Waals surface area contributed by atoms with Crippen LogP contribution in [0.5, 0.6) is 0 Å². The number of hydrogen-bond acceptors (Lipinski definition) is 4. The summed E-state index contributed by atoms with van der Waals surface area (Å²) in [5.74, 6) is 0.243. The van der Waals surface area contributed by atoms with Crippen LogP contribution >= 0.6 is 11.6 Å². The van der Waals surface area contributed by atoms with Gasteiger partial charge in [0.05, 0.1) is 17.7 Å². The lowest BCUT2D eigenvalue weighted by Gasteiger charge is -2.30. The van der Waals surface area contributed by atoms with E-state index < -0.39 is 12.0 Å². The first-order chi connectivity index (χ1) is 15.0. The van der Waals surface area contributed by atoms with Gasteiger partial charge >= 0.3 is 0 Å². The van der Waals surface area contributed by atoms with Crippen molar-refractivity contribution >= 4 is 17.5 Å². The van der Waals surface area contributed by atoms with Gasteiger partial charge < -0.3 is 15.0 Å². The molecule has 1 aliphatic carbocycles. The van der Waals surface area contributed by atoms with E-state index >= 15 is 0 Å². The fourth-order valence-corrected chi connectivity index (χ4v) is 4.59. The Morgan fingerprint density at radius 3 is 2.65 bits per heavy atom. The highest BCUT2D eigenvalue weighted by Crippen LogP contribution is 2.51. The average Bonchev–Trinajstić information content (AvgIpc) is 3.60. The number of aromatic amines is 1. The van der Waals surface area contributed by atoms with Gasteiger partial charge in [0.15, 0.2) is 6.10 Å². The topological polar surface area (TPSA) is 86.3 Å². The van der Waals surface area contributed by atoms with Crippen LogP contribution in [0.15, 0.2) is 59.4 Å². The Hall–Kier alpha value is -2.96. The Bertz CT molecular complexity index is 1200. The third-order valence-corrected chi connectivity index (χ3v) is 6.55. The van der Waals surface area contributed by atoms with Crippen molar-refractivity contribution in [3.05, 3.63) is 98.2 Å². The van der Waals surface area contributed by atoms with Crippen LogP contribution in [0.1, 0.15) is 47.2 Å². The van der Waals surface area contributed by atoms with Crippen molar-refractivity contribution in [1.29, 1.82) is 0 Å². The lowest BCUT2D eigenvalue weighted by Crippen LogP contribution is -2.42. The molecular weight excluding hydrogens is 414 g/mol. The zero-order valence-corrected chi connectivity index (χ0v) is 17.6. The summed E-state index contributed by atoms with van der Waals surface area (Å²) in [5, 5.41) is 11.0. The highest BCUT2D eigenvalue weighted by atomic mass is 35.5. The number of carbonyl (C=O) groups excluding carboxylic acids is 1. The second-order valence-corrected chi connectivity index (χ2v) is 8.69. The standard InChI is InChI=1S/C24H22ClN3O3/c25-17-8-4-5-15(13-17)20(29)22(31)28-12-9-18-19(14-28)26-23(27-21(18)30)24(10-11-24)16-6-2-1-3-7-16/h1-8,13,20,29H,9-12,14H2,(H,26,27,30)/t20-/m1/s1. The average molecular weight is 436 g/mol. The number of hydrogen-bond donors (Lipinski definition) is 2. The van der Waals surface area contributed by atoms with E-state index in [2.05, 4.69) is 17.1 Å². The van der Waals surface area contributed by atoms with Crippen LogP contribution < -0.4 is 5.56 Å². The molecule has 31 heavy (non-hydrogen) atoms. The SMILES string of the molecule is O=C([C@H](O)c1cccc(Cl)c1)N1CCc2c(nc(C3(c4ccccc4)CC3)[nH]c2=O)C1. The Balaban J connectivity index is 1.43. The maximum atomic E-state index is 12.9. The lowest BCUT2D eigenvalue weighted by molar-refractivity contribution is -0.141. The molecule has 2 N–H and O–H groups in total. The molecule has 1 aromatic heterocycles. The van der Waals surface area contributed by atoms with Gasteiger partial charge in [0.1, 0.15) is 5.82 Å². The third kappa shape index (κ3) is 3.56. The summed E-state index contributed by atoms with van der Waals surface area (Å²) in [6.07, 6.45) is 0.953. The minimum atomic E-state index is -1.30. The summed E-state index contributed by atoms with van der Waals surface area (Å²) in [6.45, 7) is 0.560. The Kier molecular flexibility index (Phi) is 4.91. The van der Waals surface area contributed by atoms with Crippen molar-refractivity contribution in [2.24, 2.45) is 0 Å². The number of amides is 1. The highest BCUT2D eigenvalue weighted by molar-refractivity contribution is 6.30. The van der Waals surface area contributed by atoms with E-state index in [1.165, 1.54) is 0 Å². The molecule has 2 heterocycles. The molecule has 2 aliphatic rings. The number of aliphatic hydroxyl groups excluding tert-OH is 1. The number of fused-ring (bicyclic) bond motifs is 1. The molecule has 0 bridgehead atoms. The molecule has 0 radical (unpaired) electrons. The summed E-state index contributed by atoms with van der Waals surface area (Å²) in [4.78, 5) is 35.1. The second-order valence-electron chi connectivity index (χ2n) is 8.26. The molecule has 158 valence electrons. The van der Waals surface area contributed by atoms with E-state index in [1.807, 2.05) is 18.2 Å². The summed E-state index contributed by atoms with van der Waals surface area (Å²) >= 11 is 6.00. The molecule has 1 amide bonds. The molecule has 2 aromatic carbocycles. The van der Waals surface area contributed by atoms with Crippen molar-refractivity contribution in [1.82, 2.24) is 14.9 Å². The number of nitrogens with one attached hydrogen (secondary N) is 1. The predicted molar refractivity (Wildman–Crippen MR) is 117 cm³/mol. The van der Waals surface area contributed by atoms with E-state index in [0.717, 1.165) is 18.4 Å². The number of rotatable bonds is 4. The molecule has 1 aliphatic heterocycles. The second kappa shape index (κ2) is 7.62.